The highest BCUT2D eigenvalue weighted by Crippen LogP contribution is 2.34. The molecular formula is C14H19N3O3. The lowest BCUT2D eigenvalue weighted by Crippen LogP contribution is -2.71. The van der Waals surface area contributed by atoms with Crippen LogP contribution in [0.25, 0.3) is 0 Å². The molecule has 108 valence electrons. The molecule has 0 spiro atoms. The molecule has 1 atom stereocenters. The van der Waals surface area contributed by atoms with Crippen LogP contribution in [-0.2, 0) is 9.59 Å². The number of hydrogen-bond donors (Lipinski definition) is 2. The van der Waals surface area contributed by atoms with Gasteiger partial charge in [0.25, 0.3) is 5.91 Å². The lowest BCUT2D eigenvalue weighted by molar-refractivity contribution is -0.133. The molecule has 0 aliphatic carbocycles. The molecule has 2 rings (SSSR count). The van der Waals surface area contributed by atoms with Crippen LogP contribution in [0, 0.1) is 0 Å². The lowest BCUT2D eigenvalue weighted by Gasteiger charge is -2.45. The maximum Gasteiger partial charge on any atom is 0.252 e. The normalized spacial score (nSPS) is 22.4. The monoisotopic (exact) mass is 277 g/mol. The predicted molar refractivity (Wildman–Crippen MR) is 75.8 cm³/mol. The van der Waals surface area contributed by atoms with Gasteiger partial charge in [0, 0.05) is 19.6 Å². The van der Waals surface area contributed by atoms with Crippen LogP contribution in [0.3, 0.4) is 0 Å². The summed E-state index contributed by atoms with van der Waals surface area (Å²) >= 11 is 0. The molecule has 1 aliphatic heterocycles. The summed E-state index contributed by atoms with van der Waals surface area (Å²) < 4.78 is 5.33. The van der Waals surface area contributed by atoms with Gasteiger partial charge in [-0.25, -0.2) is 0 Å². The average Bonchev–Trinajstić information content (AvgIpc) is 2.46. The van der Waals surface area contributed by atoms with Crippen molar-refractivity contribution in [2.75, 3.05) is 31.6 Å². The molecule has 6 heteroatoms. The summed E-state index contributed by atoms with van der Waals surface area (Å²) in [5, 5.41) is 3.07. The highest BCUT2D eigenvalue weighted by Gasteiger charge is 2.49. The van der Waals surface area contributed by atoms with Crippen LogP contribution in [-0.4, -0.2) is 44.0 Å². The molecule has 6 nitrogen and oxygen atoms in total. The zero-order valence-electron chi connectivity index (χ0n) is 11.7. The summed E-state index contributed by atoms with van der Waals surface area (Å²) in [6.45, 7) is 2.76. The van der Waals surface area contributed by atoms with Gasteiger partial charge in [-0.05, 0) is 19.1 Å². The van der Waals surface area contributed by atoms with Gasteiger partial charge in [-0.3, -0.25) is 9.59 Å². The first-order valence-electron chi connectivity index (χ1n) is 6.46. The smallest absolute Gasteiger partial charge is 0.252 e. The van der Waals surface area contributed by atoms with Crippen LogP contribution in [0.15, 0.2) is 24.3 Å². The third-order valence-electron chi connectivity index (χ3n) is 3.72. The number of Topliss-reactive ketones (excluding diaryl/α,β-unsaturated/α-hetero) is 1. The molecule has 1 unspecified atom stereocenters. The number of carbonyl (C=O) groups is 2. The van der Waals surface area contributed by atoms with E-state index in [2.05, 4.69) is 5.32 Å². The molecule has 1 fully saturated rings. The fourth-order valence-electron chi connectivity index (χ4n) is 2.63. The van der Waals surface area contributed by atoms with Gasteiger partial charge in [0.2, 0.25) is 0 Å². The molecule has 0 aromatic heterocycles. The fourth-order valence-corrected chi connectivity index (χ4v) is 2.63. The molecule has 1 heterocycles. The molecule has 1 saturated heterocycles. The van der Waals surface area contributed by atoms with E-state index in [1.54, 1.807) is 18.1 Å². The van der Waals surface area contributed by atoms with E-state index in [0.29, 0.717) is 24.5 Å². The molecule has 0 radical (unpaired) electrons. The largest absolute Gasteiger partial charge is 0.495 e. The molecule has 0 bridgehead atoms. The van der Waals surface area contributed by atoms with Gasteiger partial charge in [0.15, 0.2) is 11.3 Å². The average molecular weight is 277 g/mol. The van der Waals surface area contributed by atoms with E-state index >= 15 is 0 Å². The summed E-state index contributed by atoms with van der Waals surface area (Å²) in [4.78, 5) is 25.8. The summed E-state index contributed by atoms with van der Waals surface area (Å²) in [7, 11) is 1.56. The minimum atomic E-state index is -1.37. The maximum absolute atomic E-state index is 12.1. The second-order valence-electron chi connectivity index (χ2n) is 4.78. The molecule has 20 heavy (non-hydrogen) atoms. The van der Waals surface area contributed by atoms with Gasteiger partial charge in [0.1, 0.15) is 5.75 Å². The van der Waals surface area contributed by atoms with E-state index < -0.39 is 11.4 Å². The van der Waals surface area contributed by atoms with Crippen LogP contribution < -0.4 is 20.7 Å². The van der Waals surface area contributed by atoms with Crippen molar-refractivity contribution < 1.29 is 14.3 Å². The van der Waals surface area contributed by atoms with Gasteiger partial charge in [-0.15, -0.1) is 0 Å². The van der Waals surface area contributed by atoms with Crippen molar-refractivity contribution in [1.82, 2.24) is 5.32 Å². The fraction of sp³-hybridized carbons (Fsp3) is 0.429. The van der Waals surface area contributed by atoms with Crippen molar-refractivity contribution in [3.05, 3.63) is 24.3 Å². The Labute approximate surface area is 117 Å². The molecule has 1 aromatic rings. The summed E-state index contributed by atoms with van der Waals surface area (Å²) in [6.07, 6.45) is 0. The standard InChI is InChI=1S/C14H19N3O3/c1-10(18)14(13(15)19)9-16-7-8-17(14)11-5-3-4-6-12(11)20-2/h3-6,16H,7-9H2,1-2H3,(H2,15,19). The Morgan fingerprint density at radius 3 is 2.70 bits per heavy atom. The Hall–Kier alpha value is -2.08. The molecule has 1 amide bonds. The quantitative estimate of drug-likeness (QED) is 0.752. The van der Waals surface area contributed by atoms with Crippen molar-refractivity contribution >= 4 is 17.4 Å². The van der Waals surface area contributed by atoms with Gasteiger partial charge in [-0.2, -0.15) is 0 Å². The maximum atomic E-state index is 12.1. The molecule has 0 saturated carbocycles. The number of nitrogens with zero attached hydrogens (tertiary/aromatic N) is 1. The van der Waals surface area contributed by atoms with Crippen molar-refractivity contribution in [2.45, 2.75) is 12.5 Å². The molecular weight excluding hydrogens is 258 g/mol. The Balaban J connectivity index is 2.56. The van der Waals surface area contributed by atoms with Gasteiger partial charge < -0.3 is 20.7 Å². The number of para-hydroxylation sites is 2. The van der Waals surface area contributed by atoms with E-state index in [4.69, 9.17) is 10.5 Å². The molecule has 1 aromatic carbocycles. The lowest BCUT2D eigenvalue weighted by atomic mass is 9.88. The van der Waals surface area contributed by atoms with Crippen LogP contribution in [0.2, 0.25) is 0 Å². The second-order valence-corrected chi connectivity index (χ2v) is 4.78. The summed E-state index contributed by atoms with van der Waals surface area (Å²) in [5.74, 6) is -0.313. The van der Waals surface area contributed by atoms with Crippen molar-refractivity contribution in [1.29, 1.82) is 0 Å². The first-order chi connectivity index (χ1) is 9.54. The third kappa shape index (κ3) is 2.12. The van der Waals surface area contributed by atoms with Gasteiger partial charge >= 0.3 is 0 Å². The van der Waals surface area contributed by atoms with Crippen molar-refractivity contribution in [3.8, 4) is 5.75 Å². The Morgan fingerprint density at radius 2 is 2.10 bits per heavy atom. The minimum Gasteiger partial charge on any atom is -0.495 e. The molecule has 3 N–H and O–H groups in total. The van der Waals surface area contributed by atoms with E-state index in [-0.39, 0.29) is 12.3 Å². The van der Waals surface area contributed by atoms with Crippen LogP contribution in [0.5, 0.6) is 5.75 Å². The van der Waals surface area contributed by atoms with E-state index in [1.807, 2.05) is 18.2 Å². The number of ether oxygens (including phenoxy) is 1. The van der Waals surface area contributed by atoms with Crippen molar-refractivity contribution in [2.24, 2.45) is 5.73 Å². The number of ketones is 1. The molecule has 1 aliphatic rings. The highest BCUT2D eigenvalue weighted by molar-refractivity contribution is 6.13. The summed E-state index contributed by atoms with van der Waals surface area (Å²) in [6, 6.07) is 7.30. The SMILES string of the molecule is COc1ccccc1N1CCNCC1(C(C)=O)C(N)=O. The van der Waals surface area contributed by atoms with E-state index in [1.165, 1.54) is 6.92 Å². The van der Waals surface area contributed by atoms with Crippen LogP contribution in [0.1, 0.15) is 6.92 Å². The zero-order valence-corrected chi connectivity index (χ0v) is 11.7. The zero-order chi connectivity index (χ0) is 14.8. The highest BCUT2D eigenvalue weighted by atomic mass is 16.5. The van der Waals surface area contributed by atoms with Gasteiger partial charge in [0.05, 0.1) is 12.8 Å². The predicted octanol–water partition coefficient (Wildman–Crippen LogP) is -0.0821. The minimum absolute atomic E-state index is 0.204. The number of hydrogen-bond acceptors (Lipinski definition) is 5. The summed E-state index contributed by atoms with van der Waals surface area (Å²) in [5.41, 5.74) is 4.87. The topological polar surface area (TPSA) is 84.7 Å². The van der Waals surface area contributed by atoms with Crippen LogP contribution >= 0.6 is 0 Å². The Morgan fingerprint density at radius 1 is 1.40 bits per heavy atom. The van der Waals surface area contributed by atoms with Crippen molar-refractivity contribution in [3.63, 3.8) is 0 Å². The van der Waals surface area contributed by atoms with Gasteiger partial charge in [-0.1, -0.05) is 12.1 Å². The number of rotatable bonds is 4. The number of methoxy groups -OCH3 is 1. The van der Waals surface area contributed by atoms with E-state index in [0.717, 1.165) is 0 Å². The van der Waals surface area contributed by atoms with Crippen LogP contribution in [0.4, 0.5) is 5.69 Å². The first kappa shape index (κ1) is 14.3. The number of piperazine rings is 1. The number of carbonyl (C=O) groups excluding carboxylic acids is 2. The number of anilines is 1. The third-order valence-corrected chi connectivity index (χ3v) is 3.72. The van der Waals surface area contributed by atoms with E-state index in [9.17, 15) is 9.59 Å². The number of nitrogens with one attached hydrogen (secondary N) is 1. The number of benzene rings is 1. The number of primary amides is 1. The number of nitrogens with two attached hydrogens (primary N) is 1. The Kier molecular flexibility index (Phi) is 3.94. The second kappa shape index (κ2) is 5.50. The first-order valence-corrected chi connectivity index (χ1v) is 6.46. The Bertz CT molecular complexity index is 516. The number of amides is 1.